The van der Waals surface area contributed by atoms with Crippen LogP contribution in [0.15, 0.2) is 30.8 Å². The molecule has 1 aromatic rings. The average molecular weight is 324 g/mol. The van der Waals surface area contributed by atoms with Gasteiger partial charge in [0, 0.05) is 26.4 Å². The SMILES string of the molecule is C=Cc1ccc(CCCO[Si](OCC)(OCC)OCC)cc1. The Kier molecular flexibility index (Phi) is 9.27. The van der Waals surface area contributed by atoms with E-state index in [9.17, 15) is 0 Å². The third kappa shape index (κ3) is 6.42. The van der Waals surface area contributed by atoms with E-state index in [0.717, 1.165) is 18.4 Å². The molecule has 0 heterocycles. The van der Waals surface area contributed by atoms with E-state index < -0.39 is 9.05 Å². The maximum atomic E-state index is 5.87. The van der Waals surface area contributed by atoms with E-state index in [4.69, 9.17) is 17.7 Å². The summed E-state index contributed by atoms with van der Waals surface area (Å²) in [5.41, 5.74) is 2.42. The highest BCUT2D eigenvalue weighted by Crippen LogP contribution is 2.14. The topological polar surface area (TPSA) is 36.9 Å². The third-order valence-electron chi connectivity index (χ3n) is 3.07. The minimum atomic E-state index is -2.96. The lowest BCUT2D eigenvalue weighted by molar-refractivity contribution is -0.0277. The molecule has 124 valence electrons. The molecule has 0 aliphatic carbocycles. The maximum absolute atomic E-state index is 5.87. The van der Waals surface area contributed by atoms with Crippen molar-refractivity contribution in [2.45, 2.75) is 33.6 Å². The van der Waals surface area contributed by atoms with Gasteiger partial charge in [-0.15, -0.1) is 0 Å². The number of benzene rings is 1. The Balaban J connectivity index is 2.45. The molecule has 22 heavy (non-hydrogen) atoms. The van der Waals surface area contributed by atoms with Crippen LogP contribution in [0.25, 0.3) is 6.08 Å². The fourth-order valence-electron chi connectivity index (χ4n) is 2.07. The van der Waals surface area contributed by atoms with Crippen molar-refractivity contribution in [2.75, 3.05) is 26.4 Å². The number of hydrogen-bond donors (Lipinski definition) is 0. The van der Waals surface area contributed by atoms with Crippen LogP contribution in [-0.2, 0) is 24.1 Å². The molecule has 1 rings (SSSR count). The van der Waals surface area contributed by atoms with E-state index >= 15 is 0 Å². The Morgan fingerprint density at radius 1 is 0.909 bits per heavy atom. The van der Waals surface area contributed by atoms with Crippen LogP contribution in [0.2, 0.25) is 0 Å². The van der Waals surface area contributed by atoms with Crippen LogP contribution in [0.4, 0.5) is 0 Å². The zero-order chi connectivity index (χ0) is 16.3. The van der Waals surface area contributed by atoms with Crippen molar-refractivity contribution in [3.8, 4) is 0 Å². The zero-order valence-electron chi connectivity index (χ0n) is 14.0. The number of rotatable bonds is 12. The van der Waals surface area contributed by atoms with E-state index in [1.165, 1.54) is 5.56 Å². The van der Waals surface area contributed by atoms with Gasteiger partial charge in [0.15, 0.2) is 0 Å². The molecule has 5 heteroatoms. The third-order valence-corrected chi connectivity index (χ3v) is 5.55. The van der Waals surface area contributed by atoms with Gasteiger partial charge in [0.1, 0.15) is 0 Å². The summed E-state index contributed by atoms with van der Waals surface area (Å²) < 4.78 is 22.8. The van der Waals surface area contributed by atoms with Crippen molar-refractivity contribution in [3.63, 3.8) is 0 Å². The highest BCUT2D eigenvalue weighted by atomic mass is 28.4. The van der Waals surface area contributed by atoms with Gasteiger partial charge >= 0.3 is 9.05 Å². The molecule has 0 saturated heterocycles. The zero-order valence-corrected chi connectivity index (χ0v) is 15.0. The van der Waals surface area contributed by atoms with Crippen LogP contribution in [0.5, 0.6) is 0 Å². The maximum Gasteiger partial charge on any atom is 0.679 e. The van der Waals surface area contributed by atoms with Gasteiger partial charge in [-0.1, -0.05) is 36.9 Å². The molecule has 0 aliphatic rings. The van der Waals surface area contributed by atoms with Crippen LogP contribution in [-0.4, -0.2) is 35.5 Å². The van der Waals surface area contributed by atoms with Crippen molar-refractivity contribution in [1.29, 1.82) is 0 Å². The number of aryl methyl sites for hydroxylation is 1. The lowest BCUT2D eigenvalue weighted by atomic mass is 10.1. The quantitative estimate of drug-likeness (QED) is 0.432. The predicted octanol–water partition coefficient (Wildman–Crippen LogP) is 3.82. The standard InChI is InChI=1S/C17H28O4Si/c1-5-16-11-13-17(14-12-16)10-9-15-21-22(18-6-2,19-7-3)20-8-4/h5,11-14H,1,6-10,15H2,2-4H3. The van der Waals surface area contributed by atoms with Gasteiger partial charge in [0.25, 0.3) is 0 Å². The van der Waals surface area contributed by atoms with Crippen molar-refractivity contribution >= 4 is 15.1 Å². The molecule has 4 nitrogen and oxygen atoms in total. The van der Waals surface area contributed by atoms with Crippen molar-refractivity contribution in [1.82, 2.24) is 0 Å². The molecule has 0 aromatic heterocycles. The van der Waals surface area contributed by atoms with E-state index in [-0.39, 0.29) is 0 Å². The summed E-state index contributed by atoms with van der Waals surface area (Å²) in [5.74, 6) is 0. The van der Waals surface area contributed by atoms with Crippen LogP contribution >= 0.6 is 0 Å². The molecule has 0 aliphatic heterocycles. The molecule has 1 aromatic carbocycles. The Morgan fingerprint density at radius 3 is 1.91 bits per heavy atom. The van der Waals surface area contributed by atoms with Crippen molar-refractivity contribution < 1.29 is 17.7 Å². The van der Waals surface area contributed by atoms with Gasteiger partial charge in [-0.2, -0.15) is 0 Å². The second-order valence-corrected chi connectivity index (χ2v) is 6.85. The summed E-state index contributed by atoms with van der Waals surface area (Å²) in [6.07, 6.45) is 3.70. The molecule has 0 unspecified atom stereocenters. The molecular formula is C17H28O4Si. The summed E-state index contributed by atoms with van der Waals surface area (Å²) in [6.45, 7) is 11.7. The first-order valence-electron chi connectivity index (χ1n) is 7.96. The van der Waals surface area contributed by atoms with E-state index in [1.54, 1.807) is 0 Å². The molecule has 0 saturated carbocycles. The van der Waals surface area contributed by atoms with Crippen LogP contribution in [0.3, 0.4) is 0 Å². The molecular weight excluding hydrogens is 296 g/mol. The van der Waals surface area contributed by atoms with E-state index in [0.29, 0.717) is 26.4 Å². The highest BCUT2D eigenvalue weighted by molar-refractivity contribution is 6.53. The molecule has 0 radical (unpaired) electrons. The monoisotopic (exact) mass is 324 g/mol. The lowest BCUT2D eigenvalue weighted by Gasteiger charge is -2.26. The molecule has 0 N–H and O–H groups in total. The van der Waals surface area contributed by atoms with Crippen LogP contribution in [0.1, 0.15) is 38.3 Å². The van der Waals surface area contributed by atoms with E-state index in [2.05, 4.69) is 30.8 Å². The highest BCUT2D eigenvalue weighted by Gasteiger charge is 2.44. The van der Waals surface area contributed by atoms with Gasteiger partial charge in [-0.25, -0.2) is 0 Å². The fraction of sp³-hybridized carbons (Fsp3) is 0.529. The minimum absolute atomic E-state index is 0.523. The first-order valence-corrected chi connectivity index (χ1v) is 9.60. The summed E-state index contributed by atoms with van der Waals surface area (Å²) in [5, 5.41) is 0. The second-order valence-electron chi connectivity index (χ2n) is 4.70. The van der Waals surface area contributed by atoms with Gasteiger partial charge in [-0.3, -0.25) is 0 Å². The average Bonchev–Trinajstić information content (AvgIpc) is 2.53. The smallest absolute Gasteiger partial charge is 0.351 e. The molecule has 0 amide bonds. The summed E-state index contributed by atoms with van der Waals surface area (Å²) in [7, 11) is -2.96. The molecule has 0 atom stereocenters. The second kappa shape index (κ2) is 10.7. The van der Waals surface area contributed by atoms with Gasteiger partial charge in [0.2, 0.25) is 0 Å². The normalized spacial score (nSPS) is 11.6. The Hall–Kier alpha value is -0.983. The molecule has 0 bridgehead atoms. The molecule has 0 spiro atoms. The first kappa shape index (κ1) is 19.1. The summed E-state index contributed by atoms with van der Waals surface area (Å²) in [4.78, 5) is 0. The Morgan fingerprint density at radius 2 is 1.45 bits per heavy atom. The van der Waals surface area contributed by atoms with Gasteiger partial charge in [-0.05, 0) is 44.7 Å². The van der Waals surface area contributed by atoms with Crippen LogP contribution < -0.4 is 0 Å². The van der Waals surface area contributed by atoms with E-state index in [1.807, 2.05) is 26.8 Å². The van der Waals surface area contributed by atoms with Gasteiger partial charge < -0.3 is 17.7 Å². The number of hydrogen-bond acceptors (Lipinski definition) is 4. The fourth-order valence-corrected chi connectivity index (χ4v) is 4.03. The summed E-state index contributed by atoms with van der Waals surface area (Å²) >= 11 is 0. The largest absolute Gasteiger partial charge is 0.679 e. The van der Waals surface area contributed by atoms with Crippen LogP contribution in [0, 0.1) is 0 Å². The first-order chi connectivity index (χ1) is 10.7. The van der Waals surface area contributed by atoms with Crippen molar-refractivity contribution in [2.24, 2.45) is 0 Å². The lowest BCUT2D eigenvalue weighted by Crippen LogP contribution is -2.49. The minimum Gasteiger partial charge on any atom is -0.351 e. The van der Waals surface area contributed by atoms with Crippen molar-refractivity contribution in [3.05, 3.63) is 42.0 Å². The van der Waals surface area contributed by atoms with Gasteiger partial charge in [0.05, 0.1) is 0 Å². The summed E-state index contributed by atoms with van der Waals surface area (Å²) in [6, 6.07) is 8.39. The predicted molar refractivity (Wildman–Crippen MR) is 91.4 cm³/mol. The molecule has 0 fully saturated rings. The Labute approximate surface area is 135 Å². The Bertz CT molecular complexity index is 402.